The molecule has 1 aromatic carbocycles. The summed E-state index contributed by atoms with van der Waals surface area (Å²) in [6, 6.07) is 2.16. The van der Waals surface area contributed by atoms with Crippen LogP contribution in [0.25, 0.3) is 11.0 Å². The van der Waals surface area contributed by atoms with Crippen LogP contribution in [0.4, 0.5) is 8.78 Å². The van der Waals surface area contributed by atoms with E-state index in [2.05, 4.69) is 25.8 Å². The Bertz CT molecular complexity index is 605. The number of nitrogens with zero attached hydrogens (tertiary/aromatic N) is 2. The number of hydrogen-bond acceptors (Lipinski definition) is 1. The van der Waals surface area contributed by atoms with Crippen molar-refractivity contribution in [2.45, 2.75) is 39.6 Å². The summed E-state index contributed by atoms with van der Waals surface area (Å²) in [6.45, 7) is 6.92. The lowest BCUT2D eigenvalue weighted by molar-refractivity contribution is 0.295. The molecule has 0 amide bonds. The van der Waals surface area contributed by atoms with E-state index in [0.717, 1.165) is 12.5 Å². The van der Waals surface area contributed by atoms with Gasteiger partial charge in [0.15, 0.2) is 5.82 Å². The van der Waals surface area contributed by atoms with Gasteiger partial charge in [0.25, 0.3) is 0 Å². The van der Waals surface area contributed by atoms with E-state index in [-0.39, 0.29) is 16.8 Å². The number of halogens is 3. The van der Waals surface area contributed by atoms with E-state index in [0.29, 0.717) is 17.9 Å². The molecule has 0 N–H and O–H groups in total. The van der Waals surface area contributed by atoms with Crippen molar-refractivity contribution in [2.75, 3.05) is 0 Å². The molecule has 0 bridgehead atoms. The average Bonchev–Trinajstić information content (AvgIpc) is 2.67. The van der Waals surface area contributed by atoms with Crippen LogP contribution in [-0.4, -0.2) is 9.55 Å². The Labute approximate surface area is 116 Å². The van der Waals surface area contributed by atoms with Crippen molar-refractivity contribution in [1.82, 2.24) is 9.55 Å². The lowest BCUT2D eigenvalue weighted by Crippen LogP contribution is -2.20. The first-order chi connectivity index (χ1) is 8.88. The zero-order chi connectivity index (χ0) is 14.2. The normalized spacial score (nSPS) is 12.3. The Morgan fingerprint density at radius 1 is 1.32 bits per heavy atom. The largest absolute Gasteiger partial charge is 0.326 e. The highest BCUT2D eigenvalue weighted by Crippen LogP contribution is 2.28. The van der Waals surface area contributed by atoms with Crippen molar-refractivity contribution in [1.29, 1.82) is 0 Å². The molecule has 19 heavy (non-hydrogen) atoms. The fourth-order valence-electron chi connectivity index (χ4n) is 2.02. The highest BCUT2D eigenvalue weighted by molar-refractivity contribution is 6.16. The minimum absolute atomic E-state index is 0.0111. The number of imidazole rings is 1. The molecule has 0 radical (unpaired) electrons. The maximum absolute atomic E-state index is 13.7. The molecular weight excluding hydrogens is 270 g/mol. The van der Waals surface area contributed by atoms with Crippen molar-refractivity contribution in [2.24, 2.45) is 5.41 Å². The fourth-order valence-corrected chi connectivity index (χ4v) is 2.22. The molecule has 104 valence electrons. The van der Waals surface area contributed by atoms with E-state index in [1.807, 2.05) is 4.57 Å². The maximum Gasteiger partial charge on any atom is 0.153 e. The van der Waals surface area contributed by atoms with Gasteiger partial charge in [-0.3, -0.25) is 0 Å². The number of aromatic nitrogens is 2. The first-order valence-corrected chi connectivity index (χ1v) is 6.81. The Kier molecular flexibility index (Phi) is 3.81. The molecule has 0 aliphatic rings. The molecule has 0 spiro atoms. The van der Waals surface area contributed by atoms with Gasteiger partial charge in [-0.25, -0.2) is 13.8 Å². The van der Waals surface area contributed by atoms with Crippen molar-refractivity contribution >= 4 is 22.6 Å². The Balaban J connectivity index is 2.63. The van der Waals surface area contributed by atoms with Crippen LogP contribution in [-0.2, 0) is 12.4 Å². The fraction of sp³-hybridized carbons (Fsp3) is 0.500. The second-order valence-corrected chi connectivity index (χ2v) is 5.79. The van der Waals surface area contributed by atoms with Crippen molar-refractivity contribution in [3.05, 3.63) is 29.6 Å². The summed E-state index contributed by atoms with van der Waals surface area (Å²) < 4.78 is 28.9. The van der Waals surface area contributed by atoms with Gasteiger partial charge >= 0.3 is 0 Å². The highest BCUT2D eigenvalue weighted by atomic mass is 35.5. The van der Waals surface area contributed by atoms with Crippen LogP contribution < -0.4 is 0 Å². The zero-order valence-electron chi connectivity index (χ0n) is 11.3. The minimum Gasteiger partial charge on any atom is -0.326 e. The molecule has 2 rings (SSSR count). The average molecular weight is 287 g/mol. The first kappa shape index (κ1) is 14.3. The van der Waals surface area contributed by atoms with Crippen LogP contribution in [0.15, 0.2) is 12.1 Å². The van der Waals surface area contributed by atoms with Gasteiger partial charge in [-0.1, -0.05) is 20.8 Å². The molecule has 1 aromatic heterocycles. The molecular formula is C14H17ClF2N2. The van der Waals surface area contributed by atoms with Gasteiger partial charge in [-0.15, -0.1) is 11.6 Å². The lowest BCUT2D eigenvalue weighted by atomic mass is 9.90. The van der Waals surface area contributed by atoms with Gasteiger partial charge in [-0.05, 0) is 17.9 Å². The summed E-state index contributed by atoms with van der Waals surface area (Å²) in [5, 5.41) is 0. The minimum atomic E-state index is -0.644. The summed E-state index contributed by atoms with van der Waals surface area (Å²) in [5.41, 5.74) is 0.663. The molecule has 0 atom stereocenters. The van der Waals surface area contributed by atoms with Crippen LogP contribution in [0.3, 0.4) is 0 Å². The van der Waals surface area contributed by atoms with Crippen molar-refractivity contribution in [3.63, 3.8) is 0 Å². The van der Waals surface area contributed by atoms with E-state index >= 15 is 0 Å². The summed E-state index contributed by atoms with van der Waals surface area (Å²) in [5.74, 6) is -0.492. The summed E-state index contributed by atoms with van der Waals surface area (Å²) in [7, 11) is 0. The number of alkyl halides is 1. The summed E-state index contributed by atoms with van der Waals surface area (Å²) in [6.07, 6.45) is 0.951. The SMILES string of the molecule is CCC(C)(C)Cn1c(CCl)nc2c(F)cc(F)cc21. The predicted molar refractivity (Wildman–Crippen MR) is 73.3 cm³/mol. The second kappa shape index (κ2) is 5.08. The molecule has 2 nitrogen and oxygen atoms in total. The molecule has 0 unspecified atom stereocenters. The zero-order valence-corrected chi connectivity index (χ0v) is 12.1. The summed E-state index contributed by atoms with van der Waals surface area (Å²) >= 11 is 5.87. The van der Waals surface area contributed by atoms with Crippen molar-refractivity contribution in [3.8, 4) is 0 Å². The van der Waals surface area contributed by atoms with Crippen molar-refractivity contribution < 1.29 is 8.78 Å². The molecule has 5 heteroatoms. The topological polar surface area (TPSA) is 17.8 Å². The molecule has 1 heterocycles. The molecule has 0 saturated carbocycles. The smallest absolute Gasteiger partial charge is 0.153 e. The summed E-state index contributed by atoms with van der Waals surface area (Å²) in [4.78, 5) is 4.18. The Morgan fingerprint density at radius 3 is 2.58 bits per heavy atom. The maximum atomic E-state index is 13.7. The Morgan fingerprint density at radius 2 is 2.00 bits per heavy atom. The first-order valence-electron chi connectivity index (χ1n) is 6.28. The second-order valence-electron chi connectivity index (χ2n) is 5.52. The van der Waals surface area contributed by atoms with Gasteiger partial charge in [0.05, 0.1) is 11.4 Å². The number of hydrogen-bond donors (Lipinski definition) is 0. The third-order valence-corrected chi connectivity index (χ3v) is 3.75. The van der Waals surface area contributed by atoms with E-state index in [4.69, 9.17) is 11.6 Å². The molecule has 0 fully saturated rings. The van der Waals surface area contributed by atoms with Crippen LogP contribution >= 0.6 is 11.6 Å². The van der Waals surface area contributed by atoms with Gasteiger partial charge < -0.3 is 4.57 Å². The lowest BCUT2D eigenvalue weighted by Gasteiger charge is -2.24. The quantitative estimate of drug-likeness (QED) is 0.757. The van der Waals surface area contributed by atoms with Gasteiger partial charge in [-0.2, -0.15) is 0 Å². The van der Waals surface area contributed by atoms with Crippen LogP contribution in [0.2, 0.25) is 0 Å². The molecule has 0 saturated heterocycles. The van der Waals surface area contributed by atoms with Gasteiger partial charge in [0.1, 0.15) is 17.2 Å². The van der Waals surface area contributed by atoms with E-state index in [1.165, 1.54) is 6.07 Å². The standard InChI is InChI=1S/C14H17ClF2N2/c1-4-14(2,3)8-19-11-6-9(16)5-10(17)13(11)18-12(19)7-15/h5-6H,4,7-8H2,1-3H3. The predicted octanol–water partition coefficient (Wildman–Crippen LogP) is 4.49. The van der Waals surface area contributed by atoms with Crippen LogP contribution in [0.1, 0.15) is 33.0 Å². The molecule has 2 aromatic rings. The highest BCUT2D eigenvalue weighted by Gasteiger charge is 2.21. The van der Waals surface area contributed by atoms with Gasteiger partial charge in [0, 0.05) is 12.6 Å². The molecule has 0 aliphatic carbocycles. The Hall–Kier alpha value is -1.16. The van der Waals surface area contributed by atoms with Crippen LogP contribution in [0, 0.1) is 17.0 Å². The number of benzene rings is 1. The third kappa shape index (κ3) is 2.73. The number of fused-ring (bicyclic) bond motifs is 1. The van der Waals surface area contributed by atoms with E-state index in [9.17, 15) is 8.78 Å². The monoisotopic (exact) mass is 286 g/mol. The van der Waals surface area contributed by atoms with Gasteiger partial charge in [0.2, 0.25) is 0 Å². The third-order valence-electron chi connectivity index (χ3n) is 3.51. The molecule has 0 aliphatic heterocycles. The number of rotatable bonds is 4. The van der Waals surface area contributed by atoms with E-state index < -0.39 is 11.6 Å². The van der Waals surface area contributed by atoms with Crippen LogP contribution in [0.5, 0.6) is 0 Å². The van der Waals surface area contributed by atoms with E-state index in [1.54, 1.807) is 0 Å².